The molecule has 1 radical (unpaired) electrons. The van der Waals surface area contributed by atoms with Crippen LogP contribution < -0.4 is 0 Å². The van der Waals surface area contributed by atoms with Crippen molar-refractivity contribution in [3.8, 4) is 0 Å². The van der Waals surface area contributed by atoms with Crippen molar-refractivity contribution >= 4 is 16.4 Å². The van der Waals surface area contributed by atoms with E-state index in [2.05, 4.69) is 0 Å². The molecular formula is C5H10NO3S. The van der Waals surface area contributed by atoms with Crippen LogP contribution >= 0.6 is 0 Å². The van der Waals surface area contributed by atoms with Gasteiger partial charge in [-0.25, -0.2) is 12.7 Å². The second-order valence-electron chi connectivity index (χ2n) is 1.93. The highest BCUT2D eigenvalue weighted by molar-refractivity contribution is 7.88. The minimum atomic E-state index is -3.37. The molecule has 0 aliphatic carbocycles. The molecule has 0 saturated heterocycles. The Bertz CT molecular complexity index is 197. The molecule has 0 saturated carbocycles. The van der Waals surface area contributed by atoms with Gasteiger partial charge in [-0.3, -0.25) is 4.79 Å². The van der Waals surface area contributed by atoms with Gasteiger partial charge in [-0.15, -0.1) is 0 Å². The summed E-state index contributed by atoms with van der Waals surface area (Å²) >= 11 is 0. The Morgan fingerprint density at radius 2 is 2.00 bits per heavy atom. The van der Waals surface area contributed by atoms with Gasteiger partial charge >= 0.3 is 6.41 Å². The lowest BCUT2D eigenvalue weighted by Gasteiger charge is -2.10. The second kappa shape index (κ2) is 3.55. The Labute approximate surface area is 60.9 Å². The third kappa shape index (κ3) is 2.82. The monoisotopic (exact) mass is 164 g/mol. The van der Waals surface area contributed by atoms with Crippen LogP contribution in [0.15, 0.2) is 0 Å². The molecule has 0 rings (SSSR count). The van der Waals surface area contributed by atoms with E-state index in [4.69, 9.17) is 0 Å². The summed E-state index contributed by atoms with van der Waals surface area (Å²) in [4.78, 5) is 9.96. The fourth-order valence-electron chi connectivity index (χ4n) is 0.482. The van der Waals surface area contributed by atoms with E-state index in [1.807, 2.05) is 0 Å². The predicted octanol–water partition coefficient (Wildman–Crippen LogP) is -0.275. The molecule has 0 aliphatic rings. The normalized spacial score (nSPS) is 11.0. The van der Waals surface area contributed by atoms with Crippen molar-refractivity contribution in [3.05, 3.63) is 0 Å². The molecule has 4 nitrogen and oxygen atoms in total. The van der Waals surface area contributed by atoms with E-state index < -0.39 is 10.0 Å². The second-order valence-corrected chi connectivity index (χ2v) is 3.83. The molecular weight excluding hydrogens is 154 g/mol. The van der Waals surface area contributed by atoms with Gasteiger partial charge in [0.25, 0.3) is 0 Å². The molecule has 0 N–H and O–H groups in total. The van der Waals surface area contributed by atoms with Crippen LogP contribution in [-0.2, 0) is 14.8 Å². The number of sulfonamides is 1. The van der Waals surface area contributed by atoms with Gasteiger partial charge in [-0.2, -0.15) is 0 Å². The molecule has 59 valence electrons. The zero-order valence-corrected chi connectivity index (χ0v) is 6.81. The van der Waals surface area contributed by atoms with Crippen LogP contribution in [-0.4, -0.2) is 31.9 Å². The lowest BCUT2D eigenvalue weighted by Crippen LogP contribution is -2.28. The molecule has 1 amide bonds. The van der Waals surface area contributed by atoms with Gasteiger partial charge in [0.15, 0.2) is 0 Å². The highest BCUT2D eigenvalue weighted by Crippen LogP contribution is 1.93. The Balaban J connectivity index is 4.22. The topological polar surface area (TPSA) is 54.5 Å². The largest absolute Gasteiger partial charge is 0.326 e. The van der Waals surface area contributed by atoms with E-state index in [0.717, 1.165) is 6.26 Å². The Kier molecular flexibility index (Phi) is 3.35. The van der Waals surface area contributed by atoms with Crippen molar-refractivity contribution in [1.29, 1.82) is 0 Å². The molecule has 0 aromatic rings. The fourth-order valence-corrected chi connectivity index (χ4v) is 1.13. The lowest BCUT2D eigenvalue weighted by atomic mass is 10.5. The minimum absolute atomic E-state index is 0.211. The highest BCUT2D eigenvalue weighted by atomic mass is 32.2. The first-order valence-electron chi connectivity index (χ1n) is 2.88. The van der Waals surface area contributed by atoms with Gasteiger partial charge in [-0.05, 0) is 6.42 Å². The number of hydrogen-bond acceptors (Lipinski definition) is 3. The Morgan fingerprint density at radius 1 is 1.50 bits per heavy atom. The molecule has 0 unspecified atom stereocenters. The van der Waals surface area contributed by atoms with Gasteiger partial charge in [0, 0.05) is 6.54 Å². The van der Waals surface area contributed by atoms with E-state index >= 15 is 0 Å². The van der Waals surface area contributed by atoms with E-state index in [9.17, 15) is 13.2 Å². The van der Waals surface area contributed by atoms with E-state index in [0.29, 0.717) is 10.7 Å². The average molecular weight is 164 g/mol. The van der Waals surface area contributed by atoms with E-state index in [1.165, 1.54) is 6.41 Å². The third-order valence-electron chi connectivity index (χ3n) is 0.929. The van der Waals surface area contributed by atoms with Crippen LogP contribution in [0, 0.1) is 0 Å². The summed E-state index contributed by atoms with van der Waals surface area (Å²) in [7, 11) is -3.37. The lowest BCUT2D eigenvalue weighted by molar-refractivity contribution is 0.471. The van der Waals surface area contributed by atoms with Crippen molar-refractivity contribution < 1.29 is 13.2 Å². The maximum atomic E-state index is 10.6. The van der Waals surface area contributed by atoms with Crippen LogP contribution in [0.3, 0.4) is 0 Å². The van der Waals surface area contributed by atoms with Crippen LogP contribution in [0.4, 0.5) is 0 Å². The van der Waals surface area contributed by atoms with Crippen molar-refractivity contribution in [1.82, 2.24) is 4.31 Å². The number of rotatable bonds is 4. The number of carbonyl (C=O) groups excluding carboxylic acids is 1. The third-order valence-corrected chi connectivity index (χ3v) is 1.99. The maximum absolute atomic E-state index is 10.6. The molecule has 0 aliphatic heterocycles. The van der Waals surface area contributed by atoms with E-state index in [-0.39, 0.29) is 6.54 Å². The fraction of sp³-hybridized carbons (Fsp3) is 0.800. The molecule has 0 atom stereocenters. The quantitative estimate of drug-likeness (QED) is 0.537. The summed E-state index contributed by atoms with van der Waals surface area (Å²) < 4.78 is 21.9. The van der Waals surface area contributed by atoms with Crippen molar-refractivity contribution in [2.45, 2.75) is 13.3 Å². The van der Waals surface area contributed by atoms with Crippen LogP contribution in [0.2, 0.25) is 0 Å². The summed E-state index contributed by atoms with van der Waals surface area (Å²) in [6, 6.07) is 0. The standard InChI is InChI=1S/C5H10NO3S/c1-3-4-6(5-7)10(2,8)9/h3-4H2,1-2H3. The van der Waals surface area contributed by atoms with E-state index in [1.54, 1.807) is 6.92 Å². The molecule has 10 heavy (non-hydrogen) atoms. The van der Waals surface area contributed by atoms with Crippen molar-refractivity contribution in [2.24, 2.45) is 0 Å². The van der Waals surface area contributed by atoms with Gasteiger partial charge in [0.1, 0.15) is 0 Å². The zero-order chi connectivity index (χ0) is 8.20. The average Bonchev–Trinajstić information content (AvgIpc) is 1.80. The maximum Gasteiger partial charge on any atom is 0.326 e. The van der Waals surface area contributed by atoms with Crippen molar-refractivity contribution in [2.75, 3.05) is 12.8 Å². The zero-order valence-electron chi connectivity index (χ0n) is 5.99. The van der Waals surface area contributed by atoms with Crippen molar-refractivity contribution in [3.63, 3.8) is 0 Å². The Hall–Kier alpha value is -0.580. The molecule has 0 heterocycles. The summed E-state index contributed by atoms with van der Waals surface area (Å²) in [6.45, 7) is 2.00. The van der Waals surface area contributed by atoms with Crippen LogP contribution in [0.25, 0.3) is 0 Å². The minimum Gasteiger partial charge on any atom is -0.262 e. The molecule has 0 spiro atoms. The summed E-state index contributed by atoms with van der Waals surface area (Å²) in [5.41, 5.74) is 0. The summed E-state index contributed by atoms with van der Waals surface area (Å²) in [5, 5.41) is 0. The summed E-state index contributed by atoms with van der Waals surface area (Å²) in [6.07, 6.45) is 2.93. The molecule has 5 heteroatoms. The highest BCUT2D eigenvalue weighted by Gasteiger charge is 2.12. The smallest absolute Gasteiger partial charge is 0.262 e. The molecule has 0 fully saturated rings. The molecule has 0 aromatic heterocycles. The van der Waals surface area contributed by atoms with Gasteiger partial charge in [0.2, 0.25) is 10.0 Å². The molecule has 0 bridgehead atoms. The first kappa shape index (κ1) is 9.42. The number of nitrogens with zero attached hydrogens (tertiary/aromatic N) is 1. The first-order chi connectivity index (χ1) is 4.52. The van der Waals surface area contributed by atoms with Crippen LogP contribution in [0.5, 0.6) is 0 Å². The predicted molar refractivity (Wildman–Crippen MR) is 37.5 cm³/mol. The first-order valence-corrected chi connectivity index (χ1v) is 4.72. The van der Waals surface area contributed by atoms with Gasteiger partial charge in [0.05, 0.1) is 6.26 Å². The molecule has 0 aromatic carbocycles. The van der Waals surface area contributed by atoms with Gasteiger partial charge < -0.3 is 0 Å². The van der Waals surface area contributed by atoms with Crippen LogP contribution in [0.1, 0.15) is 13.3 Å². The number of amides is 1. The summed E-state index contributed by atoms with van der Waals surface area (Å²) in [5.74, 6) is 0. The Morgan fingerprint density at radius 3 is 2.10 bits per heavy atom. The number of hydrogen-bond donors (Lipinski definition) is 0. The SMILES string of the molecule is CCCN([C]=O)S(C)(=O)=O. The van der Waals surface area contributed by atoms with Gasteiger partial charge in [-0.1, -0.05) is 6.92 Å².